The standard InChI is InChI=1S/C13H16F3NO.ClH/c1-12(2)8-18-11(17-12)7-9-3-5-10(6-4-9)13(14,15)16;/h3-6,11,17H,7-8H2,1-2H3;1H. The summed E-state index contributed by atoms with van der Waals surface area (Å²) in [6, 6.07) is 5.21. The Hall–Kier alpha value is -0.780. The van der Waals surface area contributed by atoms with Crippen LogP contribution in [0.5, 0.6) is 0 Å². The highest BCUT2D eigenvalue weighted by molar-refractivity contribution is 5.85. The molecule has 2 rings (SSSR count). The van der Waals surface area contributed by atoms with Gasteiger partial charge in [-0.05, 0) is 31.5 Å². The number of hydrogen-bond donors (Lipinski definition) is 1. The Balaban J connectivity index is 0.00000180. The van der Waals surface area contributed by atoms with E-state index in [0.29, 0.717) is 13.0 Å². The Morgan fingerprint density at radius 1 is 1.26 bits per heavy atom. The lowest BCUT2D eigenvalue weighted by Crippen LogP contribution is -2.39. The van der Waals surface area contributed by atoms with Crippen LogP contribution < -0.4 is 5.32 Å². The molecule has 0 spiro atoms. The Kier molecular flexibility index (Phi) is 4.87. The lowest BCUT2D eigenvalue weighted by Gasteiger charge is -2.17. The third-order valence-electron chi connectivity index (χ3n) is 2.90. The van der Waals surface area contributed by atoms with E-state index in [0.717, 1.165) is 17.7 Å². The van der Waals surface area contributed by atoms with Crippen LogP contribution in [0.4, 0.5) is 13.2 Å². The van der Waals surface area contributed by atoms with Crippen LogP contribution >= 0.6 is 12.4 Å². The highest BCUT2D eigenvalue weighted by Crippen LogP contribution is 2.29. The van der Waals surface area contributed by atoms with Gasteiger partial charge in [0.1, 0.15) is 6.23 Å². The molecule has 1 fully saturated rings. The molecule has 1 aliphatic rings. The largest absolute Gasteiger partial charge is 0.416 e. The van der Waals surface area contributed by atoms with Gasteiger partial charge in [0.2, 0.25) is 0 Å². The Morgan fingerprint density at radius 2 is 1.84 bits per heavy atom. The second-order valence-corrected chi connectivity index (χ2v) is 5.23. The van der Waals surface area contributed by atoms with Gasteiger partial charge in [-0.2, -0.15) is 13.2 Å². The fraction of sp³-hybridized carbons (Fsp3) is 0.538. The summed E-state index contributed by atoms with van der Waals surface area (Å²) in [6.07, 6.45) is -3.83. The van der Waals surface area contributed by atoms with E-state index in [2.05, 4.69) is 5.32 Å². The van der Waals surface area contributed by atoms with Gasteiger partial charge in [-0.15, -0.1) is 12.4 Å². The Labute approximate surface area is 116 Å². The first-order valence-corrected chi connectivity index (χ1v) is 5.82. The smallest absolute Gasteiger partial charge is 0.361 e. The summed E-state index contributed by atoms with van der Waals surface area (Å²) in [6.45, 7) is 4.66. The average molecular weight is 296 g/mol. The molecule has 0 aromatic heterocycles. The maximum absolute atomic E-state index is 12.4. The van der Waals surface area contributed by atoms with Gasteiger partial charge in [0.05, 0.1) is 12.2 Å². The number of halogens is 4. The molecule has 1 aliphatic heterocycles. The second-order valence-electron chi connectivity index (χ2n) is 5.23. The van der Waals surface area contributed by atoms with Crippen molar-refractivity contribution < 1.29 is 17.9 Å². The molecular formula is C13H17ClF3NO. The van der Waals surface area contributed by atoms with Crippen molar-refractivity contribution in [3.05, 3.63) is 35.4 Å². The molecule has 108 valence electrons. The summed E-state index contributed by atoms with van der Waals surface area (Å²) >= 11 is 0. The van der Waals surface area contributed by atoms with Crippen molar-refractivity contribution in [3.8, 4) is 0 Å². The molecule has 0 saturated carbocycles. The number of hydrogen-bond acceptors (Lipinski definition) is 2. The molecule has 1 aromatic carbocycles. The van der Waals surface area contributed by atoms with Crippen LogP contribution in [0, 0.1) is 0 Å². The second kappa shape index (κ2) is 5.69. The molecular weight excluding hydrogens is 279 g/mol. The van der Waals surface area contributed by atoms with E-state index < -0.39 is 11.7 Å². The zero-order valence-corrected chi connectivity index (χ0v) is 11.6. The zero-order valence-electron chi connectivity index (χ0n) is 10.8. The van der Waals surface area contributed by atoms with Gasteiger partial charge in [-0.1, -0.05) is 12.1 Å². The molecule has 1 atom stereocenters. The van der Waals surface area contributed by atoms with Crippen molar-refractivity contribution in [1.82, 2.24) is 5.32 Å². The number of benzene rings is 1. The summed E-state index contributed by atoms with van der Waals surface area (Å²) in [5, 5.41) is 3.28. The maximum atomic E-state index is 12.4. The highest BCUT2D eigenvalue weighted by Gasteiger charge is 2.32. The quantitative estimate of drug-likeness (QED) is 0.903. The number of rotatable bonds is 2. The van der Waals surface area contributed by atoms with Crippen LogP contribution in [0.3, 0.4) is 0 Å². The molecule has 1 heterocycles. The van der Waals surface area contributed by atoms with Crippen LogP contribution in [0.25, 0.3) is 0 Å². The summed E-state index contributed by atoms with van der Waals surface area (Å²) in [5.41, 5.74) is 0.140. The first kappa shape index (κ1) is 16.3. The van der Waals surface area contributed by atoms with Crippen LogP contribution in [-0.4, -0.2) is 18.4 Å². The fourth-order valence-corrected chi connectivity index (χ4v) is 1.98. The lowest BCUT2D eigenvalue weighted by atomic mass is 10.1. The molecule has 2 nitrogen and oxygen atoms in total. The minimum atomic E-state index is -4.28. The van der Waals surface area contributed by atoms with Crippen LogP contribution in [0.15, 0.2) is 24.3 Å². The van der Waals surface area contributed by atoms with Gasteiger partial charge in [0.25, 0.3) is 0 Å². The van der Waals surface area contributed by atoms with Crippen molar-refractivity contribution in [3.63, 3.8) is 0 Å². The van der Waals surface area contributed by atoms with Crippen molar-refractivity contribution >= 4 is 12.4 Å². The fourth-order valence-electron chi connectivity index (χ4n) is 1.98. The van der Waals surface area contributed by atoms with Gasteiger partial charge >= 0.3 is 6.18 Å². The van der Waals surface area contributed by atoms with Gasteiger partial charge < -0.3 is 4.74 Å². The predicted molar refractivity (Wildman–Crippen MR) is 69.4 cm³/mol. The zero-order chi connectivity index (χ0) is 13.4. The van der Waals surface area contributed by atoms with Gasteiger partial charge in [-0.3, -0.25) is 5.32 Å². The summed E-state index contributed by atoms with van der Waals surface area (Å²) < 4.78 is 42.7. The van der Waals surface area contributed by atoms with E-state index in [9.17, 15) is 13.2 Å². The summed E-state index contributed by atoms with van der Waals surface area (Å²) in [7, 11) is 0. The molecule has 0 aliphatic carbocycles. The summed E-state index contributed by atoms with van der Waals surface area (Å²) in [5.74, 6) is 0. The monoisotopic (exact) mass is 295 g/mol. The van der Waals surface area contributed by atoms with Crippen molar-refractivity contribution in [2.75, 3.05) is 6.61 Å². The third-order valence-corrected chi connectivity index (χ3v) is 2.90. The van der Waals surface area contributed by atoms with Crippen LogP contribution in [0.1, 0.15) is 25.0 Å². The van der Waals surface area contributed by atoms with Crippen molar-refractivity contribution in [2.45, 2.75) is 38.2 Å². The van der Waals surface area contributed by atoms with Crippen molar-refractivity contribution in [2.24, 2.45) is 0 Å². The third kappa shape index (κ3) is 4.37. The highest BCUT2D eigenvalue weighted by atomic mass is 35.5. The van der Waals surface area contributed by atoms with Gasteiger partial charge in [-0.25, -0.2) is 0 Å². The minimum Gasteiger partial charge on any atom is -0.361 e. The number of nitrogens with one attached hydrogen (secondary N) is 1. The lowest BCUT2D eigenvalue weighted by molar-refractivity contribution is -0.137. The first-order chi connectivity index (χ1) is 8.26. The average Bonchev–Trinajstić information content (AvgIpc) is 2.57. The van der Waals surface area contributed by atoms with E-state index in [1.807, 2.05) is 13.8 Å². The normalized spacial score (nSPS) is 22.1. The predicted octanol–water partition coefficient (Wildman–Crippen LogP) is 3.39. The summed E-state index contributed by atoms with van der Waals surface area (Å²) in [4.78, 5) is 0. The molecule has 0 bridgehead atoms. The first-order valence-electron chi connectivity index (χ1n) is 5.82. The molecule has 1 N–H and O–H groups in total. The Morgan fingerprint density at radius 3 is 2.26 bits per heavy atom. The van der Waals surface area contributed by atoms with E-state index in [-0.39, 0.29) is 24.2 Å². The van der Waals surface area contributed by atoms with Crippen LogP contribution in [0.2, 0.25) is 0 Å². The molecule has 19 heavy (non-hydrogen) atoms. The van der Waals surface area contributed by atoms with Crippen molar-refractivity contribution in [1.29, 1.82) is 0 Å². The van der Waals surface area contributed by atoms with E-state index >= 15 is 0 Å². The molecule has 1 saturated heterocycles. The Bertz CT molecular complexity index is 417. The number of ether oxygens (including phenoxy) is 1. The molecule has 1 aromatic rings. The van der Waals surface area contributed by atoms with E-state index in [1.165, 1.54) is 12.1 Å². The van der Waals surface area contributed by atoms with Crippen LogP contribution in [-0.2, 0) is 17.3 Å². The molecule has 1 unspecified atom stereocenters. The van der Waals surface area contributed by atoms with E-state index in [4.69, 9.17) is 4.74 Å². The molecule has 6 heteroatoms. The maximum Gasteiger partial charge on any atom is 0.416 e. The topological polar surface area (TPSA) is 21.3 Å². The van der Waals surface area contributed by atoms with Gasteiger partial charge in [0, 0.05) is 12.0 Å². The van der Waals surface area contributed by atoms with Gasteiger partial charge in [0.15, 0.2) is 0 Å². The number of alkyl halides is 3. The van der Waals surface area contributed by atoms with E-state index in [1.54, 1.807) is 0 Å². The molecule has 0 amide bonds. The SMILES string of the molecule is CC1(C)COC(Cc2ccc(C(F)(F)F)cc2)N1.Cl. The molecule has 0 radical (unpaired) electrons. The minimum absolute atomic E-state index is 0.